The number of aliphatic carboxylic acids is 2. The van der Waals surface area contributed by atoms with Gasteiger partial charge in [-0.15, -0.1) is 0 Å². The second-order valence-electron chi connectivity index (χ2n) is 3.32. The topological polar surface area (TPSA) is 144 Å². The van der Waals surface area contributed by atoms with Crippen molar-refractivity contribution in [3.63, 3.8) is 0 Å². The minimum atomic E-state index is -1.94. The van der Waals surface area contributed by atoms with Gasteiger partial charge < -0.3 is 21.7 Å². The van der Waals surface area contributed by atoms with Gasteiger partial charge in [0.1, 0.15) is 6.04 Å². The Morgan fingerprint density at radius 2 is 1.82 bits per heavy atom. The summed E-state index contributed by atoms with van der Waals surface area (Å²) in [6, 6.07) is -1.03. The molecule has 17 heavy (non-hydrogen) atoms. The Hall–Kier alpha value is -0.770. The molecule has 0 fully saturated rings. The highest BCUT2D eigenvalue weighted by molar-refractivity contribution is 8.76. The van der Waals surface area contributed by atoms with Crippen LogP contribution < -0.4 is 11.5 Å². The van der Waals surface area contributed by atoms with Gasteiger partial charge >= 0.3 is 11.9 Å². The van der Waals surface area contributed by atoms with Gasteiger partial charge in [-0.3, -0.25) is 9.59 Å². The molecule has 7 nitrogen and oxygen atoms in total. The molecule has 0 aromatic carbocycles. The first-order valence-electron chi connectivity index (χ1n) is 4.48. The number of carbonyl (C=O) groups excluding carboxylic acids is 1. The van der Waals surface area contributed by atoms with E-state index in [9.17, 15) is 14.4 Å². The zero-order valence-corrected chi connectivity index (χ0v) is 10.7. The molecule has 0 aliphatic carbocycles. The fraction of sp³-hybridized carbons (Fsp3) is 0.625. The highest BCUT2D eigenvalue weighted by Crippen LogP contribution is 2.26. The van der Waals surface area contributed by atoms with Crippen LogP contribution in [0.1, 0.15) is 6.92 Å². The molecular weight excluding hydrogens is 268 g/mol. The standard InChI is InChI=1S/C8H14N2O5S2/c1-4(11)8(10,7(14)15)3-17-16-2-5(9)6(12)13/h5H,2-3,9-10H2,1H3,(H,12,13)(H,14,15)/t5-,8?/m1/s1. The lowest BCUT2D eigenvalue weighted by Gasteiger charge is -2.20. The first-order chi connectivity index (χ1) is 7.71. The number of rotatable bonds is 8. The van der Waals surface area contributed by atoms with Crippen molar-refractivity contribution in [2.45, 2.75) is 18.5 Å². The van der Waals surface area contributed by atoms with E-state index in [0.29, 0.717) is 0 Å². The summed E-state index contributed by atoms with van der Waals surface area (Å²) in [5.74, 6) is -3.23. The van der Waals surface area contributed by atoms with Gasteiger partial charge in [-0.25, -0.2) is 4.79 Å². The molecule has 0 radical (unpaired) electrons. The number of hydrogen-bond donors (Lipinski definition) is 4. The van der Waals surface area contributed by atoms with Crippen molar-refractivity contribution in [2.75, 3.05) is 11.5 Å². The van der Waals surface area contributed by atoms with Crippen LogP contribution in [-0.2, 0) is 14.4 Å². The fourth-order valence-electron chi connectivity index (χ4n) is 0.641. The van der Waals surface area contributed by atoms with E-state index in [1.165, 1.54) is 0 Å². The number of ketones is 1. The first-order valence-corrected chi connectivity index (χ1v) is 6.96. The summed E-state index contributed by atoms with van der Waals surface area (Å²) in [5, 5.41) is 17.3. The average molecular weight is 282 g/mol. The molecule has 0 aliphatic rings. The van der Waals surface area contributed by atoms with E-state index >= 15 is 0 Å². The van der Waals surface area contributed by atoms with Gasteiger partial charge in [0.05, 0.1) is 0 Å². The Balaban J connectivity index is 4.14. The van der Waals surface area contributed by atoms with E-state index in [1.54, 1.807) is 0 Å². The number of nitrogens with two attached hydrogens (primary N) is 2. The van der Waals surface area contributed by atoms with Crippen LogP contribution in [0.15, 0.2) is 0 Å². The molecule has 0 heterocycles. The molecule has 2 atom stereocenters. The molecule has 6 N–H and O–H groups in total. The van der Waals surface area contributed by atoms with E-state index in [-0.39, 0.29) is 11.5 Å². The van der Waals surface area contributed by atoms with Crippen molar-refractivity contribution in [1.82, 2.24) is 0 Å². The van der Waals surface area contributed by atoms with Crippen molar-refractivity contribution in [3.05, 3.63) is 0 Å². The Bertz CT molecular complexity index is 309. The maximum atomic E-state index is 11.1. The lowest BCUT2D eigenvalue weighted by molar-refractivity contribution is -0.146. The lowest BCUT2D eigenvalue weighted by Crippen LogP contribution is -2.56. The van der Waals surface area contributed by atoms with Crippen molar-refractivity contribution >= 4 is 39.3 Å². The third kappa shape index (κ3) is 4.94. The van der Waals surface area contributed by atoms with Crippen molar-refractivity contribution < 1.29 is 24.6 Å². The largest absolute Gasteiger partial charge is 0.480 e. The van der Waals surface area contributed by atoms with Crippen LogP contribution in [0.4, 0.5) is 0 Å². The van der Waals surface area contributed by atoms with Gasteiger partial charge in [0, 0.05) is 11.5 Å². The van der Waals surface area contributed by atoms with E-state index in [2.05, 4.69) is 0 Å². The first kappa shape index (κ1) is 16.2. The molecule has 1 unspecified atom stereocenters. The summed E-state index contributed by atoms with van der Waals surface area (Å²) in [7, 11) is 2.08. The van der Waals surface area contributed by atoms with Crippen LogP contribution in [0.5, 0.6) is 0 Å². The molecule has 9 heteroatoms. The van der Waals surface area contributed by atoms with Crippen molar-refractivity contribution in [3.8, 4) is 0 Å². The number of hydrogen-bond acceptors (Lipinski definition) is 7. The van der Waals surface area contributed by atoms with Gasteiger partial charge in [0.2, 0.25) is 0 Å². The number of Topliss-reactive ketones (excluding diaryl/α,β-unsaturated/α-hetero) is 1. The minimum Gasteiger partial charge on any atom is -0.480 e. The highest BCUT2D eigenvalue weighted by atomic mass is 33.1. The highest BCUT2D eigenvalue weighted by Gasteiger charge is 2.39. The smallest absolute Gasteiger partial charge is 0.332 e. The summed E-state index contributed by atoms with van der Waals surface area (Å²) in [6.07, 6.45) is 0. The van der Waals surface area contributed by atoms with Crippen LogP contribution >= 0.6 is 21.6 Å². The van der Waals surface area contributed by atoms with Gasteiger partial charge in [0.25, 0.3) is 0 Å². The lowest BCUT2D eigenvalue weighted by atomic mass is 9.99. The quantitative estimate of drug-likeness (QED) is 0.254. The van der Waals surface area contributed by atoms with Crippen LogP contribution in [-0.4, -0.2) is 51.0 Å². The monoisotopic (exact) mass is 282 g/mol. The Labute approximate surface area is 106 Å². The molecule has 0 saturated heterocycles. The zero-order chi connectivity index (χ0) is 13.6. The maximum absolute atomic E-state index is 11.1. The molecule has 0 rings (SSSR count). The summed E-state index contributed by atoms with van der Waals surface area (Å²) < 4.78 is 0. The number of carboxylic acid groups (broad SMARTS) is 2. The van der Waals surface area contributed by atoms with Gasteiger partial charge in [-0.05, 0) is 6.92 Å². The Kier molecular flexibility index (Phi) is 6.53. The van der Waals surface area contributed by atoms with E-state index in [1.807, 2.05) is 0 Å². The van der Waals surface area contributed by atoms with Crippen LogP contribution in [0.25, 0.3) is 0 Å². The summed E-state index contributed by atoms with van der Waals surface area (Å²) >= 11 is 0. The van der Waals surface area contributed by atoms with Gasteiger partial charge in [0.15, 0.2) is 11.3 Å². The van der Waals surface area contributed by atoms with E-state index < -0.39 is 29.3 Å². The van der Waals surface area contributed by atoms with Gasteiger partial charge in [-0.1, -0.05) is 21.6 Å². The molecule has 0 saturated carbocycles. The molecule has 0 aromatic heterocycles. The average Bonchev–Trinajstić information content (AvgIpc) is 2.22. The van der Waals surface area contributed by atoms with Crippen molar-refractivity contribution in [1.29, 1.82) is 0 Å². The van der Waals surface area contributed by atoms with Crippen LogP contribution in [0.3, 0.4) is 0 Å². The van der Waals surface area contributed by atoms with Crippen LogP contribution in [0.2, 0.25) is 0 Å². The van der Waals surface area contributed by atoms with Gasteiger partial charge in [-0.2, -0.15) is 0 Å². The second kappa shape index (κ2) is 6.84. The normalized spacial score (nSPS) is 15.9. The second-order valence-corrected chi connectivity index (χ2v) is 5.83. The van der Waals surface area contributed by atoms with E-state index in [0.717, 1.165) is 28.5 Å². The molecule has 0 aromatic rings. The SMILES string of the molecule is CC(=O)C(N)(CSSC[C@@H](N)C(=O)O)C(=O)O. The summed E-state index contributed by atoms with van der Waals surface area (Å²) in [5.41, 5.74) is 8.73. The minimum absolute atomic E-state index is 0.105. The molecule has 0 aliphatic heterocycles. The maximum Gasteiger partial charge on any atom is 0.332 e. The molecular formula is C8H14N2O5S2. The number of carboxylic acids is 2. The van der Waals surface area contributed by atoms with Crippen molar-refractivity contribution in [2.24, 2.45) is 11.5 Å². The molecule has 0 spiro atoms. The third-order valence-electron chi connectivity index (χ3n) is 1.94. The molecule has 98 valence electrons. The predicted octanol–water partition coefficient (Wildman–Crippen LogP) is -0.849. The molecule has 0 amide bonds. The van der Waals surface area contributed by atoms with Crippen LogP contribution in [0, 0.1) is 0 Å². The Morgan fingerprint density at radius 1 is 1.29 bits per heavy atom. The zero-order valence-electron chi connectivity index (χ0n) is 9.08. The number of carbonyl (C=O) groups is 3. The molecule has 0 bridgehead atoms. The Morgan fingerprint density at radius 3 is 2.18 bits per heavy atom. The summed E-state index contributed by atoms with van der Waals surface area (Å²) in [4.78, 5) is 32.3. The van der Waals surface area contributed by atoms with E-state index in [4.69, 9.17) is 21.7 Å². The summed E-state index contributed by atoms with van der Waals surface area (Å²) in [6.45, 7) is 1.10. The fourth-order valence-corrected chi connectivity index (χ4v) is 3.16. The third-order valence-corrected chi connectivity index (χ3v) is 4.44. The predicted molar refractivity (Wildman–Crippen MR) is 65.8 cm³/mol.